The molecule has 8 nitrogen and oxygen atoms in total. The average molecular weight is 548 g/mol. The summed E-state index contributed by atoms with van der Waals surface area (Å²) in [4.78, 5) is 29.3. The number of anilines is 2. The number of carbonyl (C=O) groups is 2. The molecule has 0 aliphatic heterocycles. The number of nitrogens with one attached hydrogen (secondary N) is 2. The van der Waals surface area contributed by atoms with Gasteiger partial charge in [0.1, 0.15) is 5.69 Å². The number of aromatic nitrogens is 1. The molecule has 1 aromatic heterocycles. The molecule has 200 valence electrons. The number of aliphatic hydroxyl groups excluding tert-OH is 1. The normalized spacial score (nSPS) is 11.2. The van der Waals surface area contributed by atoms with Crippen LogP contribution in [0.2, 0.25) is 0 Å². The van der Waals surface area contributed by atoms with Crippen molar-refractivity contribution in [2.75, 3.05) is 10.6 Å². The Hall–Kier alpha value is -4.41. The smallest absolute Gasteiger partial charge is 0.332 e. The molecule has 4 rings (SSSR count). The molecule has 39 heavy (non-hydrogen) atoms. The number of aryl methyl sites for hydroxylation is 1. The van der Waals surface area contributed by atoms with E-state index in [4.69, 9.17) is 0 Å². The minimum absolute atomic E-state index is 0.162. The number of pyridine rings is 1. The lowest BCUT2D eigenvalue weighted by Gasteiger charge is -2.17. The lowest BCUT2D eigenvalue weighted by atomic mass is 9.94. The second kappa shape index (κ2) is 11.1. The second-order valence-electron chi connectivity index (χ2n) is 8.99. The number of carbonyl (C=O) groups excluding carboxylic acids is 2. The van der Waals surface area contributed by atoms with Gasteiger partial charge in [0.2, 0.25) is 0 Å². The molecule has 3 aromatic carbocycles. The van der Waals surface area contributed by atoms with Gasteiger partial charge in [0.05, 0.1) is 11.5 Å². The molecule has 0 bridgehead atoms. The van der Waals surface area contributed by atoms with Crippen LogP contribution in [0.25, 0.3) is 11.1 Å². The predicted octanol–water partition coefficient (Wildman–Crippen LogP) is 5.33. The highest BCUT2D eigenvalue weighted by molar-refractivity contribution is 7.86. The van der Waals surface area contributed by atoms with Gasteiger partial charge in [0, 0.05) is 23.1 Å². The SMILES string of the molecule is Cc1cc(S(=O)(=O)F)ccc1C(=O)Nc1cccc(-c2cccc(NC(=O)c3ccc(CO)cn3)c2C)c1C. The van der Waals surface area contributed by atoms with Crippen molar-refractivity contribution in [3.8, 4) is 11.1 Å². The molecular weight excluding hydrogens is 521 g/mol. The van der Waals surface area contributed by atoms with Crippen LogP contribution in [0.3, 0.4) is 0 Å². The summed E-state index contributed by atoms with van der Waals surface area (Å²) < 4.78 is 35.7. The van der Waals surface area contributed by atoms with Gasteiger partial charge in [-0.2, -0.15) is 8.42 Å². The molecule has 0 atom stereocenters. The van der Waals surface area contributed by atoms with Crippen molar-refractivity contribution in [1.29, 1.82) is 0 Å². The van der Waals surface area contributed by atoms with Gasteiger partial charge < -0.3 is 15.7 Å². The van der Waals surface area contributed by atoms with E-state index in [1.807, 2.05) is 32.0 Å². The number of amides is 2. The van der Waals surface area contributed by atoms with Crippen LogP contribution >= 0.6 is 0 Å². The van der Waals surface area contributed by atoms with Gasteiger partial charge in [0.15, 0.2) is 0 Å². The van der Waals surface area contributed by atoms with E-state index in [1.54, 1.807) is 30.3 Å². The van der Waals surface area contributed by atoms with E-state index in [1.165, 1.54) is 19.2 Å². The number of aliphatic hydroxyl groups is 1. The Morgan fingerprint density at radius 1 is 0.846 bits per heavy atom. The van der Waals surface area contributed by atoms with Crippen LogP contribution < -0.4 is 10.6 Å². The zero-order valence-corrected chi connectivity index (χ0v) is 22.3. The molecule has 0 spiro atoms. The third-order valence-electron chi connectivity index (χ3n) is 6.42. The lowest BCUT2D eigenvalue weighted by molar-refractivity contribution is 0.101. The maximum atomic E-state index is 13.3. The number of hydrogen-bond donors (Lipinski definition) is 3. The third kappa shape index (κ3) is 6.02. The zero-order chi connectivity index (χ0) is 28.3. The molecule has 0 unspecified atom stereocenters. The van der Waals surface area contributed by atoms with Crippen LogP contribution in [0.5, 0.6) is 0 Å². The van der Waals surface area contributed by atoms with Crippen LogP contribution in [-0.4, -0.2) is 30.3 Å². The van der Waals surface area contributed by atoms with Crippen LogP contribution in [0.1, 0.15) is 43.1 Å². The van der Waals surface area contributed by atoms with Crippen molar-refractivity contribution in [1.82, 2.24) is 4.98 Å². The van der Waals surface area contributed by atoms with Crippen molar-refractivity contribution in [3.05, 3.63) is 106 Å². The molecule has 10 heteroatoms. The Kier molecular flexibility index (Phi) is 7.89. The highest BCUT2D eigenvalue weighted by Gasteiger charge is 2.18. The maximum Gasteiger partial charge on any atom is 0.332 e. The Labute approximate surface area is 225 Å². The Bertz CT molecular complexity index is 1690. The first kappa shape index (κ1) is 27.6. The molecule has 0 fully saturated rings. The molecule has 0 aliphatic carbocycles. The van der Waals surface area contributed by atoms with E-state index in [0.717, 1.165) is 34.4 Å². The molecule has 0 aliphatic rings. The standard InChI is InChI=1S/C29H26FN3O5S/c1-17-14-21(39(30,37)38)11-12-22(17)28(35)32-25-8-4-6-23(18(25)2)24-7-5-9-26(19(24)3)33-29(36)27-13-10-20(16-34)15-31-27/h4-15,34H,16H2,1-3H3,(H,32,35)(H,33,36). The number of halogens is 1. The number of hydrogen-bond acceptors (Lipinski definition) is 6. The molecule has 0 saturated carbocycles. The molecule has 4 aromatic rings. The van der Waals surface area contributed by atoms with Crippen molar-refractivity contribution in [3.63, 3.8) is 0 Å². The second-order valence-corrected chi connectivity index (χ2v) is 10.3. The molecule has 3 N–H and O–H groups in total. The number of benzene rings is 3. The minimum atomic E-state index is -4.87. The van der Waals surface area contributed by atoms with E-state index in [2.05, 4.69) is 15.6 Å². The first-order valence-corrected chi connectivity index (χ1v) is 13.3. The van der Waals surface area contributed by atoms with Crippen LogP contribution in [0, 0.1) is 20.8 Å². The number of nitrogens with zero attached hydrogens (tertiary/aromatic N) is 1. The van der Waals surface area contributed by atoms with Crippen LogP contribution in [0.15, 0.2) is 77.8 Å². The summed E-state index contributed by atoms with van der Waals surface area (Å²) in [6, 6.07) is 17.6. The van der Waals surface area contributed by atoms with Gasteiger partial charge in [0.25, 0.3) is 11.8 Å². The highest BCUT2D eigenvalue weighted by atomic mass is 32.3. The van der Waals surface area contributed by atoms with Gasteiger partial charge >= 0.3 is 10.2 Å². The van der Waals surface area contributed by atoms with Crippen molar-refractivity contribution >= 4 is 33.4 Å². The van der Waals surface area contributed by atoms with Gasteiger partial charge in [-0.05, 0) is 90.6 Å². The van der Waals surface area contributed by atoms with E-state index < -0.39 is 21.0 Å². The average Bonchev–Trinajstić information content (AvgIpc) is 2.90. The molecule has 2 amide bonds. The first-order chi connectivity index (χ1) is 18.5. The summed E-state index contributed by atoms with van der Waals surface area (Å²) in [5.41, 5.74) is 5.76. The monoisotopic (exact) mass is 547 g/mol. The molecule has 0 radical (unpaired) electrons. The van der Waals surface area contributed by atoms with E-state index in [0.29, 0.717) is 22.5 Å². The lowest BCUT2D eigenvalue weighted by Crippen LogP contribution is -2.15. The maximum absolute atomic E-state index is 13.3. The van der Waals surface area contributed by atoms with Gasteiger partial charge in [-0.15, -0.1) is 3.89 Å². The Balaban J connectivity index is 1.60. The fourth-order valence-corrected chi connectivity index (χ4v) is 4.74. The molecule has 1 heterocycles. The Morgan fingerprint density at radius 2 is 1.44 bits per heavy atom. The third-order valence-corrected chi connectivity index (χ3v) is 7.24. The van der Waals surface area contributed by atoms with E-state index in [-0.39, 0.29) is 23.8 Å². The van der Waals surface area contributed by atoms with E-state index >= 15 is 0 Å². The fourth-order valence-electron chi connectivity index (χ4n) is 4.20. The van der Waals surface area contributed by atoms with Crippen molar-refractivity contribution in [2.24, 2.45) is 0 Å². The van der Waals surface area contributed by atoms with Crippen molar-refractivity contribution in [2.45, 2.75) is 32.3 Å². The van der Waals surface area contributed by atoms with Gasteiger partial charge in [-0.25, -0.2) is 0 Å². The highest BCUT2D eigenvalue weighted by Crippen LogP contribution is 2.34. The van der Waals surface area contributed by atoms with E-state index in [9.17, 15) is 27.0 Å². The topological polar surface area (TPSA) is 125 Å². The quantitative estimate of drug-likeness (QED) is 0.269. The Morgan fingerprint density at radius 3 is 1.92 bits per heavy atom. The summed E-state index contributed by atoms with van der Waals surface area (Å²) in [5.74, 6) is -0.854. The summed E-state index contributed by atoms with van der Waals surface area (Å²) in [6.45, 7) is 5.10. The van der Waals surface area contributed by atoms with Gasteiger partial charge in [-0.1, -0.05) is 30.3 Å². The summed E-state index contributed by atoms with van der Waals surface area (Å²) in [7, 11) is -4.87. The number of rotatable bonds is 7. The van der Waals surface area contributed by atoms with Crippen LogP contribution in [0.4, 0.5) is 15.3 Å². The van der Waals surface area contributed by atoms with Crippen LogP contribution in [-0.2, 0) is 16.8 Å². The molecule has 0 saturated heterocycles. The zero-order valence-electron chi connectivity index (χ0n) is 21.4. The first-order valence-electron chi connectivity index (χ1n) is 11.9. The molecular formula is C29H26FN3O5S. The summed E-state index contributed by atoms with van der Waals surface area (Å²) >= 11 is 0. The van der Waals surface area contributed by atoms with Crippen molar-refractivity contribution < 1.29 is 27.0 Å². The predicted molar refractivity (Wildman–Crippen MR) is 147 cm³/mol. The fraction of sp³-hybridized carbons (Fsp3) is 0.138. The van der Waals surface area contributed by atoms with Gasteiger partial charge in [-0.3, -0.25) is 14.6 Å². The largest absolute Gasteiger partial charge is 0.392 e. The minimum Gasteiger partial charge on any atom is -0.392 e. The summed E-state index contributed by atoms with van der Waals surface area (Å²) in [5, 5.41) is 14.9. The summed E-state index contributed by atoms with van der Waals surface area (Å²) in [6.07, 6.45) is 1.44.